The van der Waals surface area contributed by atoms with Crippen LogP contribution in [0.25, 0.3) is 0 Å². The van der Waals surface area contributed by atoms with E-state index in [1.54, 1.807) is 7.05 Å². The Morgan fingerprint density at radius 3 is 2.31 bits per heavy atom. The van der Waals surface area contributed by atoms with Crippen molar-refractivity contribution in [3.05, 3.63) is 0 Å². The van der Waals surface area contributed by atoms with Crippen molar-refractivity contribution in [1.29, 1.82) is 0 Å². The maximum atomic E-state index is 12.0. The van der Waals surface area contributed by atoms with Crippen LogP contribution < -0.4 is 0 Å². The van der Waals surface area contributed by atoms with Gasteiger partial charge in [-0.3, -0.25) is 9.59 Å². The number of rotatable bonds is 4. The first-order chi connectivity index (χ1) is 7.57. The molecule has 0 aliphatic heterocycles. The van der Waals surface area contributed by atoms with Gasteiger partial charge in [-0.1, -0.05) is 12.8 Å². The number of hydrogen-bond donors (Lipinski definition) is 2. The highest BCUT2D eigenvalue weighted by Gasteiger charge is 2.36. The largest absolute Gasteiger partial charge is 0.481 e. The van der Waals surface area contributed by atoms with Gasteiger partial charge < -0.3 is 15.1 Å². The van der Waals surface area contributed by atoms with E-state index in [0.29, 0.717) is 12.8 Å². The van der Waals surface area contributed by atoms with Crippen molar-refractivity contribution in [1.82, 2.24) is 4.90 Å². The summed E-state index contributed by atoms with van der Waals surface area (Å²) in [7, 11) is 1.60. The lowest BCUT2D eigenvalue weighted by molar-refractivity contribution is -0.151. The first kappa shape index (κ1) is 13.0. The summed E-state index contributed by atoms with van der Waals surface area (Å²) >= 11 is 0. The predicted molar refractivity (Wildman–Crippen MR) is 57.8 cm³/mol. The Bertz CT molecular complexity index is 267. The van der Waals surface area contributed by atoms with Gasteiger partial charge in [0.05, 0.1) is 18.4 Å². The fraction of sp³-hybridized carbons (Fsp3) is 0.818. The minimum absolute atomic E-state index is 0.0906. The third-order valence-electron chi connectivity index (χ3n) is 3.21. The monoisotopic (exact) mass is 229 g/mol. The standard InChI is InChI=1S/C11H19NO4/c1-12(6-7-13)10(14)8-4-2-3-5-9(8)11(15)16/h8-9,13H,2-7H2,1H3,(H,15,16). The molecule has 0 spiro atoms. The zero-order valence-corrected chi connectivity index (χ0v) is 9.56. The fourth-order valence-electron chi connectivity index (χ4n) is 2.27. The fourth-order valence-corrected chi connectivity index (χ4v) is 2.27. The van der Waals surface area contributed by atoms with Crippen LogP contribution in [0, 0.1) is 11.8 Å². The molecule has 1 aliphatic rings. The van der Waals surface area contributed by atoms with E-state index >= 15 is 0 Å². The molecule has 0 aromatic heterocycles. The normalized spacial score (nSPS) is 25.1. The molecule has 92 valence electrons. The summed E-state index contributed by atoms with van der Waals surface area (Å²) in [5, 5.41) is 17.8. The summed E-state index contributed by atoms with van der Waals surface area (Å²) in [4.78, 5) is 24.4. The van der Waals surface area contributed by atoms with E-state index in [9.17, 15) is 9.59 Å². The lowest BCUT2D eigenvalue weighted by Gasteiger charge is -2.30. The molecular weight excluding hydrogens is 210 g/mol. The van der Waals surface area contributed by atoms with Crippen LogP contribution in [0.2, 0.25) is 0 Å². The molecular formula is C11H19NO4. The molecule has 2 N–H and O–H groups in total. The molecule has 1 fully saturated rings. The van der Waals surface area contributed by atoms with Gasteiger partial charge in [-0.15, -0.1) is 0 Å². The maximum absolute atomic E-state index is 12.0. The molecule has 1 aliphatic carbocycles. The van der Waals surface area contributed by atoms with Gasteiger partial charge >= 0.3 is 5.97 Å². The first-order valence-electron chi connectivity index (χ1n) is 5.66. The third-order valence-corrected chi connectivity index (χ3v) is 3.21. The van der Waals surface area contributed by atoms with Crippen LogP contribution >= 0.6 is 0 Å². The molecule has 5 heteroatoms. The van der Waals surface area contributed by atoms with Crippen LogP contribution in [0.3, 0.4) is 0 Å². The summed E-state index contributed by atoms with van der Waals surface area (Å²) in [5.74, 6) is -2.00. The smallest absolute Gasteiger partial charge is 0.307 e. The van der Waals surface area contributed by atoms with Crippen LogP contribution in [0.1, 0.15) is 25.7 Å². The van der Waals surface area contributed by atoms with Gasteiger partial charge in [0.15, 0.2) is 0 Å². The Morgan fingerprint density at radius 1 is 1.25 bits per heavy atom. The quantitative estimate of drug-likeness (QED) is 0.728. The lowest BCUT2D eigenvalue weighted by atomic mass is 9.78. The number of carboxylic acids is 1. The number of carbonyl (C=O) groups excluding carboxylic acids is 1. The Morgan fingerprint density at radius 2 is 1.81 bits per heavy atom. The molecule has 2 atom stereocenters. The average Bonchev–Trinajstić information content (AvgIpc) is 2.28. The zero-order chi connectivity index (χ0) is 12.1. The molecule has 0 saturated heterocycles. The van der Waals surface area contributed by atoms with Gasteiger partial charge in [-0.05, 0) is 12.8 Å². The molecule has 0 heterocycles. The van der Waals surface area contributed by atoms with E-state index in [4.69, 9.17) is 10.2 Å². The van der Waals surface area contributed by atoms with Gasteiger partial charge in [0.2, 0.25) is 5.91 Å². The number of aliphatic carboxylic acids is 1. The van der Waals surface area contributed by atoms with Crippen molar-refractivity contribution in [3.8, 4) is 0 Å². The predicted octanol–water partition coefficient (Wildman–Crippen LogP) is 0.328. The van der Waals surface area contributed by atoms with Gasteiger partial charge in [-0.2, -0.15) is 0 Å². The summed E-state index contributed by atoms with van der Waals surface area (Å²) in [6.45, 7) is 0.175. The van der Waals surface area contributed by atoms with Gasteiger partial charge in [0, 0.05) is 13.6 Å². The Labute approximate surface area is 95.1 Å². The number of hydrogen-bond acceptors (Lipinski definition) is 3. The summed E-state index contributed by atoms with van der Waals surface area (Å²) in [6.07, 6.45) is 3.02. The third kappa shape index (κ3) is 2.95. The number of carbonyl (C=O) groups is 2. The number of aliphatic hydroxyl groups excluding tert-OH is 1. The molecule has 1 rings (SSSR count). The average molecular weight is 229 g/mol. The molecule has 16 heavy (non-hydrogen) atoms. The maximum Gasteiger partial charge on any atom is 0.307 e. The Balaban J connectivity index is 2.67. The summed E-state index contributed by atoms with van der Waals surface area (Å²) < 4.78 is 0. The van der Waals surface area contributed by atoms with Crippen molar-refractivity contribution in [2.75, 3.05) is 20.2 Å². The second kappa shape index (κ2) is 5.84. The first-order valence-corrected chi connectivity index (χ1v) is 5.66. The molecule has 1 saturated carbocycles. The molecule has 0 aromatic rings. The van der Waals surface area contributed by atoms with Gasteiger partial charge in [0.1, 0.15) is 0 Å². The van der Waals surface area contributed by atoms with Gasteiger partial charge in [0.25, 0.3) is 0 Å². The molecule has 0 radical (unpaired) electrons. The zero-order valence-electron chi connectivity index (χ0n) is 9.56. The number of likely N-dealkylation sites (N-methyl/N-ethyl adjacent to an activating group) is 1. The lowest BCUT2D eigenvalue weighted by Crippen LogP contribution is -2.41. The highest BCUT2D eigenvalue weighted by Crippen LogP contribution is 2.31. The molecule has 0 aromatic carbocycles. The van der Waals surface area contributed by atoms with Crippen molar-refractivity contribution in [2.45, 2.75) is 25.7 Å². The van der Waals surface area contributed by atoms with Crippen LogP contribution in [0.4, 0.5) is 0 Å². The van der Waals surface area contributed by atoms with Crippen LogP contribution in [-0.2, 0) is 9.59 Å². The molecule has 1 amide bonds. The van der Waals surface area contributed by atoms with Gasteiger partial charge in [-0.25, -0.2) is 0 Å². The van der Waals surface area contributed by atoms with E-state index in [2.05, 4.69) is 0 Å². The van der Waals surface area contributed by atoms with Crippen molar-refractivity contribution in [3.63, 3.8) is 0 Å². The topological polar surface area (TPSA) is 77.8 Å². The van der Waals surface area contributed by atoms with E-state index in [1.807, 2.05) is 0 Å². The Hall–Kier alpha value is -1.10. The SMILES string of the molecule is CN(CCO)C(=O)C1CCCCC1C(=O)O. The molecule has 5 nitrogen and oxygen atoms in total. The number of amides is 1. The Kier molecular flexibility index (Phi) is 4.73. The number of nitrogens with zero attached hydrogens (tertiary/aromatic N) is 1. The van der Waals surface area contributed by atoms with Crippen molar-refractivity contribution >= 4 is 11.9 Å². The van der Waals surface area contributed by atoms with Crippen LogP contribution in [0.5, 0.6) is 0 Å². The van der Waals surface area contributed by atoms with E-state index < -0.39 is 17.8 Å². The summed E-state index contributed by atoms with van der Waals surface area (Å²) in [5.41, 5.74) is 0. The van der Waals surface area contributed by atoms with E-state index in [-0.39, 0.29) is 19.1 Å². The van der Waals surface area contributed by atoms with E-state index in [0.717, 1.165) is 12.8 Å². The molecule has 2 unspecified atom stereocenters. The van der Waals surface area contributed by atoms with E-state index in [1.165, 1.54) is 4.90 Å². The van der Waals surface area contributed by atoms with Crippen LogP contribution in [0.15, 0.2) is 0 Å². The molecule has 0 bridgehead atoms. The van der Waals surface area contributed by atoms with Crippen molar-refractivity contribution < 1.29 is 19.8 Å². The second-order valence-corrected chi connectivity index (χ2v) is 4.32. The van der Waals surface area contributed by atoms with Crippen molar-refractivity contribution in [2.24, 2.45) is 11.8 Å². The summed E-state index contributed by atoms with van der Waals surface area (Å²) in [6, 6.07) is 0. The number of aliphatic hydroxyl groups is 1. The minimum Gasteiger partial charge on any atom is -0.481 e. The minimum atomic E-state index is -0.879. The number of carboxylic acid groups (broad SMARTS) is 1. The van der Waals surface area contributed by atoms with Crippen LogP contribution in [-0.4, -0.2) is 47.2 Å². The second-order valence-electron chi connectivity index (χ2n) is 4.32. The highest BCUT2D eigenvalue weighted by molar-refractivity contribution is 5.84. The highest BCUT2D eigenvalue weighted by atomic mass is 16.4.